The van der Waals surface area contributed by atoms with Gasteiger partial charge in [0.1, 0.15) is 0 Å². The largest absolute Gasteiger partial charge is 0.453 e. The van der Waals surface area contributed by atoms with Gasteiger partial charge in [-0.15, -0.1) is 0 Å². The van der Waals surface area contributed by atoms with Gasteiger partial charge in [0.15, 0.2) is 0 Å². The van der Waals surface area contributed by atoms with Gasteiger partial charge in [-0.3, -0.25) is 4.79 Å². The van der Waals surface area contributed by atoms with E-state index in [1.807, 2.05) is 30.3 Å². The molecule has 1 aromatic rings. The molecule has 0 spiro atoms. The zero-order chi connectivity index (χ0) is 14.6. The molecule has 0 fully saturated rings. The predicted molar refractivity (Wildman–Crippen MR) is 77.4 cm³/mol. The summed E-state index contributed by atoms with van der Waals surface area (Å²) >= 11 is 0. The van der Waals surface area contributed by atoms with Gasteiger partial charge in [-0.05, 0) is 24.8 Å². The molecule has 110 valence electrons. The van der Waals surface area contributed by atoms with E-state index in [0.717, 1.165) is 19.3 Å². The maximum absolute atomic E-state index is 11.6. The monoisotopic (exact) mass is 278 g/mol. The van der Waals surface area contributed by atoms with Gasteiger partial charge in [0.2, 0.25) is 5.91 Å². The summed E-state index contributed by atoms with van der Waals surface area (Å²) in [4.78, 5) is 22.3. The lowest BCUT2D eigenvalue weighted by atomic mass is 10.1. The number of benzene rings is 1. The van der Waals surface area contributed by atoms with E-state index >= 15 is 0 Å². The lowest BCUT2D eigenvalue weighted by Gasteiger charge is -2.06. The van der Waals surface area contributed by atoms with Gasteiger partial charge in [-0.1, -0.05) is 30.3 Å². The second-order valence-corrected chi connectivity index (χ2v) is 4.46. The number of alkyl carbamates (subject to hydrolysis) is 1. The van der Waals surface area contributed by atoms with Gasteiger partial charge in [-0.2, -0.15) is 0 Å². The van der Waals surface area contributed by atoms with E-state index in [0.29, 0.717) is 19.5 Å². The van der Waals surface area contributed by atoms with Crippen molar-refractivity contribution in [2.75, 3.05) is 20.2 Å². The molecule has 0 saturated heterocycles. The van der Waals surface area contributed by atoms with Crippen molar-refractivity contribution in [2.24, 2.45) is 0 Å². The molecule has 0 aliphatic heterocycles. The molecule has 0 aromatic heterocycles. The number of rotatable bonds is 8. The highest BCUT2D eigenvalue weighted by molar-refractivity contribution is 5.75. The number of hydrogen-bond acceptors (Lipinski definition) is 3. The van der Waals surface area contributed by atoms with E-state index in [9.17, 15) is 9.59 Å². The highest BCUT2D eigenvalue weighted by atomic mass is 16.5. The number of methoxy groups -OCH3 is 1. The van der Waals surface area contributed by atoms with Crippen LogP contribution in [0.4, 0.5) is 4.79 Å². The molecular weight excluding hydrogens is 256 g/mol. The topological polar surface area (TPSA) is 67.4 Å². The first kappa shape index (κ1) is 16.0. The van der Waals surface area contributed by atoms with Crippen molar-refractivity contribution in [1.82, 2.24) is 10.6 Å². The van der Waals surface area contributed by atoms with Gasteiger partial charge >= 0.3 is 6.09 Å². The van der Waals surface area contributed by atoms with Crippen LogP contribution >= 0.6 is 0 Å². The molecule has 0 heterocycles. The van der Waals surface area contributed by atoms with Gasteiger partial charge < -0.3 is 15.4 Å². The first-order valence-corrected chi connectivity index (χ1v) is 6.85. The number of hydrogen-bond donors (Lipinski definition) is 2. The number of amides is 2. The fourth-order valence-corrected chi connectivity index (χ4v) is 1.75. The van der Waals surface area contributed by atoms with E-state index in [2.05, 4.69) is 15.4 Å². The smallest absolute Gasteiger partial charge is 0.406 e. The Morgan fingerprint density at radius 2 is 1.80 bits per heavy atom. The van der Waals surface area contributed by atoms with Gasteiger partial charge in [0.25, 0.3) is 0 Å². The highest BCUT2D eigenvalue weighted by Gasteiger charge is 2.02. The molecule has 0 atom stereocenters. The predicted octanol–water partition coefficient (Wildman–Crippen LogP) is 1.87. The zero-order valence-electron chi connectivity index (χ0n) is 11.9. The van der Waals surface area contributed by atoms with Crippen LogP contribution in [0.1, 0.15) is 24.8 Å². The third kappa shape index (κ3) is 7.41. The molecule has 0 bridgehead atoms. The summed E-state index contributed by atoms with van der Waals surface area (Å²) in [5.41, 5.74) is 1.22. The van der Waals surface area contributed by atoms with Gasteiger partial charge in [0.05, 0.1) is 7.11 Å². The molecule has 2 N–H and O–H groups in total. The maximum atomic E-state index is 11.6. The number of unbranched alkanes of at least 4 members (excludes halogenated alkanes) is 1. The van der Waals surface area contributed by atoms with Crippen LogP contribution in [0.5, 0.6) is 0 Å². The molecule has 0 radical (unpaired) electrons. The Hall–Kier alpha value is -2.04. The van der Waals surface area contributed by atoms with Crippen molar-refractivity contribution in [2.45, 2.75) is 25.7 Å². The Bertz CT molecular complexity index is 407. The van der Waals surface area contributed by atoms with Crippen LogP contribution in [0.2, 0.25) is 0 Å². The Morgan fingerprint density at radius 1 is 1.05 bits per heavy atom. The van der Waals surface area contributed by atoms with E-state index in [1.54, 1.807) is 0 Å². The van der Waals surface area contributed by atoms with Gasteiger partial charge in [-0.25, -0.2) is 4.79 Å². The van der Waals surface area contributed by atoms with Crippen LogP contribution in [0.15, 0.2) is 30.3 Å². The van der Waals surface area contributed by atoms with Crippen LogP contribution in [-0.4, -0.2) is 32.2 Å². The van der Waals surface area contributed by atoms with Crippen molar-refractivity contribution in [1.29, 1.82) is 0 Å². The third-order valence-corrected chi connectivity index (χ3v) is 2.86. The number of carbonyl (C=O) groups excluding carboxylic acids is 2. The van der Waals surface area contributed by atoms with Crippen LogP contribution < -0.4 is 10.6 Å². The van der Waals surface area contributed by atoms with E-state index < -0.39 is 6.09 Å². The van der Waals surface area contributed by atoms with Crippen molar-refractivity contribution in [3.05, 3.63) is 35.9 Å². The second kappa shape index (κ2) is 9.83. The zero-order valence-corrected chi connectivity index (χ0v) is 11.9. The lowest BCUT2D eigenvalue weighted by Crippen LogP contribution is -2.26. The summed E-state index contributed by atoms with van der Waals surface area (Å²) in [6, 6.07) is 10.1. The van der Waals surface area contributed by atoms with Crippen molar-refractivity contribution >= 4 is 12.0 Å². The maximum Gasteiger partial charge on any atom is 0.406 e. The van der Waals surface area contributed by atoms with E-state index in [-0.39, 0.29) is 5.91 Å². The molecule has 2 amide bonds. The molecule has 1 rings (SSSR count). The first-order chi connectivity index (χ1) is 9.72. The SMILES string of the molecule is COC(=O)NCCCCC(=O)NCCc1ccccc1. The summed E-state index contributed by atoms with van der Waals surface area (Å²) in [7, 11) is 1.33. The molecule has 1 aromatic carbocycles. The Kier molecular flexibility index (Phi) is 7.87. The fraction of sp³-hybridized carbons (Fsp3) is 0.467. The minimum absolute atomic E-state index is 0.0546. The minimum atomic E-state index is -0.433. The second-order valence-electron chi connectivity index (χ2n) is 4.46. The lowest BCUT2D eigenvalue weighted by molar-refractivity contribution is -0.121. The fourth-order valence-electron chi connectivity index (χ4n) is 1.75. The number of carbonyl (C=O) groups is 2. The number of nitrogens with one attached hydrogen (secondary N) is 2. The summed E-state index contributed by atoms with van der Waals surface area (Å²) in [5.74, 6) is 0.0546. The van der Waals surface area contributed by atoms with Crippen LogP contribution in [-0.2, 0) is 16.0 Å². The van der Waals surface area contributed by atoms with E-state index in [4.69, 9.17) is 0 Å². The summed E-state index contributed by atoms with van der Waals surface area (Å²) < 4.78 is 4.44. The molecular formula is C15H22N2O3. The molecule has 0 aliphatic rings. The Labute approximate surface area is 119 Å². The third-order valence-electron chi connectivity index (χ3n) is 2.86. The molecule has 0 aliphatic carbocycles. The van der Waals surface area contributed by atoms with Crippen molar-refractivity contribution in [3.8, 4) is 0 Å². The molecule has 5 heteroatoms. The standard InChI is InChI=1S/C15H22N2O3/c1-20-15(19)17-11-6-5-9-14(18)16-12-10-13-7-3-2-4-8-13/h2-4,7-8H,5-6,9-12H2,1H3,(H,16,18)(H,17,19). The molecule has 20 heavy (non-hydrogen) atoms. The summed E-state index contributed by atoms with van der Waals surface area (Å²) in [5, 5.41) is 5.47. The average Bonchev–Trinajstić information content (AvgIpc) is 2.47. The van der Waals surface area contributed by atoms with Gasteiger partial charge in [0, 0.05) is 19.5 Å². The van der Waals surface area contributed by atoms with E-state index in [1.165, 1.54) is 12.7 Å². The molecule has 5 nitrogen and oxygen atoms in total. The van der Waals surface area contributed by atoms with Crippen LogP contribution in [0.3, 0.4) is 0 Å². The normalized spacial score (nSPS) is 9.85. The Morgan fingerprint density at radius 3 is 2.50 bits per heavy atom. The highest BCUT2D eigenvalue weighted by Crippen LogP contribution is 1.99. The first-order valence-electron chi connectivity index (χ1n) is 6.85. The molecule has 0 saturated carbocycles. The molecule has 0 unspecified atom stereocenters. The summed E-state index contributed by atoms with van der Waals surface area (Å²) in [6.07, 6.45) is 2.41. The quantitative estimate of drug-likeness (QED) is 0.713. The average molecular weight is 278 g/mol. The minimum Gasteiger partial charge on any atom is -0.453 e. The van der Waals surface area contributed by atoms with Crippen molar-refractivity contribution in [3.63, 3.8) is 0 Å². The Balaban J connectivity index is 1.99. The van der Waals surface area contributed by atoms with Crippen LogP contribution in [0, 0.1) is 0 Å². The van der Waals surface area contributed by atoms with Crippen molar-refractivity contribution < 1.29 is 14.3 Å². The van der Waals surface area contributed by atoms with Crippen LogP contribution in [0.25, 0.3) is 0 Å². The number of ether oxygens (including phenoxy) is 1. The summed E-state index contributed by atoms with van der Waals surface area (Å²) in [6.45, 7) is 1.19.